The number of hydrogen-bond donors (Lipinski definition) is 1. The maximum Gasteiger partial charge on any atom is 0.143 e. The minimum Gasteiger partial charge on any atom is -0.388 e. The van der Waals surface area contributed by atoms with Crippen LogP contribution in [-0.2, 0) is 6.42 Å². The van der Waals surface area contributed by atoms with Crippen LogP contribution in [0.25, 0.3) is 5.52 Å². The SMILES string of the molecule is OC(Cc1c(F)ccc(Br)c1F)c1cnn2ccncc12. The van der Waals surface area contributed by atoms with Crippen molar-refractivity contribution in [3.05, 3.63) is 64.2 Å². The molecule has 3 aromatic rings. The van der Waals surface area contributed by atoms with Crippen molar-refractivity contribution in [3.63, 3.8) is 0 Å². The second-order valence-corrected chi connectivity index (χ2v) is 5.40. The number of aliphatic hydroxyl groups excluding tert-OH is 1. The van der Waals surface area contributed by atoms with E-state index in [1.807, 2.05) is 0 Å². The number of nitrogens with zero attached hydrogens (tertiary/aromatic N) is 3. The van der Waals surface area contributed by atoms with Crippen LogP contribution < -0.4 is 0 Å². The van der Waals surface area contributed by atoms with Crippen LogP contribution in [-0.4, -0.2) is 19.7 Å². The second kappa shape index (κ2) is 5.50. The summed E-state index contributed by atoms with van der Waals surface area (Å²) >= 11 is 3.01. The molecule has 1 N–H and O–H groups in total. The molecule has 0 radical (unpaired) electrons. The standard InChI is InChI=1S/C14H10BrF2N3O/c15-10-1-2-11(16)8(14(10)17)5-13(21)9-6-19-20-4-3-18-7-12(9)20/h1-4,6-7,13,21H,5H2. The molecule has 0 fully saturated rings. The minimum atomic E-state index is -1.08. The molecule has 0 bridgehead atoms. The van der Waals surface area contributed by atoms with Crippen LogP contribution in [0, 0.1) is 11.6 Å². The lowest BCUT2D eigenvalue weighted by molar-refractivity contribution is 0.177. The van der Waals surface area contributed by atoms with Gasteiger partial charge in [-0.15, -0.1) is 0 Å². The molecule has 0 aliphatic rings. The van der Waals surface area contributed by atoms with Gasteiger partial charge in [0.25, 0.3) is 0 Å². The number of aliphatic hydroxyl groups is 1. The highest BCUT2D eigenvalue weighted by Gasteiger charge is 2.20. The van der Waals surface area contributed by atoms with Gasteiger partial charge in [0.05, 0.1) is 28.5 Å². The average Bonchev–Trinajstić information content (AvgIpc) is 2.91. The Bertz CT molecular complexity index is 806. The van der Waals surface area contributed by atoms with Gasteiger partial charge in [0.2, 0.25) is 0 Å². The van der Waals surface area contributed by atoms with E-state index in [0.29, 0.717) is 11.1 Å². The summed E-state index contributed by atoms with van der Waals surface area (Å²) in [5, 5.41) is 14.3. The van der Waals surface area contributed by atoms with Crippen LogP contribution in [0.1, 0.15) is 17.2 Å². The first-order valence-corrected chi connectivity index (χ1v) is 6.95. The molecule has 4 nitrogen and oxygen atoms in total. The Hall–Kier alpha value is -1.86. The van der Waals surface area contributed by atoms with Gasteiger partial charge in [-0.1, -0.05) is 0 Å². The first kappa shape index (κ1) is 14.1. The highest BCUT2D eigenvalue weighted by molar-refractivity contribution is 9.10. The third-order valence-corrected chi connectivity index (χ3v) is 3.86. The summed E-state index contributed by atoms with van der Waals surface area (Å²) in [6.07, 6.45) is 4.93. The Morgan fingerprint density at radius 1 is 1.29 bits per heavy atom. The van der Waals surface area contributed by atoms with E-state index in [1.165, 1.54) is 12.3 Å². The average molecular weight is 354 g/mol. The van der Waals surface area contributed by atoms with Crippen molar-refractivity contribution < 1.29 is 13.9 Å². The van der Waals surface area contributed by atoms with Gasteiger partial charge in [-0.2, -0.15) is 5.10 Å². The van der Waals surface area contributed by atoms with Crippen molar-refractivity contribution >= 4 is 21.4 Å². The predicted molar refractivity (Wildman–Crippen MR) is 75.7 cm³/mol. The van der Waals surface area contributed by atoms with E-state index >= 15 is 0 Å². The van der Waals surface area contributed by atoms with Crippen LogP contribution in [0.15, 0.2) is 41.4 Å². The molecule has 7 heteroatoms. The molecule has 0 aliphatic heterocycles. The molecule has 3 rings (SSSR count). The summed E-state index contributed by atoms with van der Waals surface area (Å²) in [4.78, 5) is 3.96. The number of hydrogen-bond acceptors (Lipinski definition) is 3. The first-order chi connectivity index (χ1) is 10.1. The van der Waals surface area contributed by atoms with Crippen LogP contribution in [0.2, 0.25) is 0 Å². The Kier molecular flexibility index (Phi) is 3.69. The molecule has 2 aromatic heterocycles. The van der Waals surface area contributed by atoms with E-state index in [1.54, 1.807) is 23.1 Å². The monoisotopic (exact) mass is 353 g/mol. The quantitative estimate of drug-likeness (QED) is 0.736. The normalized spacial score (nSPS) is 12.8. The summed E-state index contributed by atoms with van der Waals surface area (Å²) in [5.74, 6) is -1.40. The number of fused-ring (bicyclic) bond motifs is 1. The molecule has 0 saturated heterocycles. The number of rotatable bonds is 3. The van der Waals surface area contributed by atoms with Gasteiger partial charge in [-0.3, -0.25) is 4.98 Å². The van der Waals surface area contributed by atoms with E-state index in [4.69, 9.17) is 0 Å². The fourth-order valence-corrected chi connectivity index (χ4v) is 2.54. The van der Waals surface area contributed by atoms with Crippen molar-refractivity contribution in [2.75, 3.05) is 0 Å². The molecule has 21 heavy (non-hydrogen) atoms. The molecule has 1 aromatic carbocycles. The molecule has 0 amide bonds. The van der Waals surface area contributed by atoms with Gasteiger partial charge in [0.1, 0.15) is 11.6 Å². The summed E-state index contributed by atoms with van der Waals surface area (Å²) in [6, 6.07) is 2.45. The first-order valence-electron chi connectivity index (χ1n) is 6.15. The van der Waals surface area contributed by atoms with Crippen LogP contribution in [0.4, 0.5) is 8.78 Å². The van der Waals surface area contributed by atoms with E-state index in [0.717, 1.165) is 6.07 Å². The largest absolute Gasteiger partial charge is 0.388 e. The van der Waals surface area contributed by atoms with Gasteiger partial charge in [0.15, 0.2) is 0 Å². The number of aromatic nitrogens is 3. The predicted octanol–water partition coefficient (Wildman–Crippen LogP) is 3.05. The van der Waals surface area contributed by atoms with Gasteiger partial charge in [0, 0.05) is 29.9 Å². The van der Waals surface area contributed by atoms with Crippen molar-refractivity contribution in [2.45, 2.75) is 12.5 Å². The molecule has 0 saturated carbocycles. The zero-order valence-electron chi connectivity index (χ0n) is 10.7. The lowest BCUT2D eigenvalue weighted by Gasteiger charge is -2.11. The lowest BCUT2D eigenvalue weighted by atomic mass is 10.0. The summed E-state index contributed by atoms with van der Waals surface area (Å²) in [6.45, 7) is 0. The third-order valence-electron chi connectivity index (χ3n) is 3.25. The van der Waals surface area contributed by atoms with Gasteiger partial charge in [-0.25, -0.2) is 13.3 Å². The molecule has 0 spiro atoms. The maximum absolute atomic E-state index is 13.9. The molecular formula is C14H10BrF2N3O. The van der Waals surface area contributed by atoms with Crippen molar-refractivity contribution in [1.29, 1.82) is 0 Å². The topological polar surface area (TPSA) is 50.4 Å². The van der Waals surface area contributed by atoms with Gasteiger partial charge < -0.3 is 5.11 Å². The van der Waals surface area contributed by atoms with Gasteiger partial charge in [-0.05, 0) is 28.1 Å². The number of halogens is 3. The highest BCUT2D eigenvalue weighted by atomic mass is 79.9. The zero-order chi connectivity index (χ0) is 15.0. The number of benzene rings is 1. The summed E-state index contributed by atoms with van der Waals surface area (Å²) in [5.41, 5.74) is 0.905. The van der Waals surface area contributed by atoms with Crippen molar-refractivity contribution in [1.82, 2.24) is 14.6 Å². The van der Waals surface area contributed by atoms with Crippen LogP contribution in [0.5, 0.6) is 0 Å². The fourth-order valence-electron chi connectivity index (χ4n) is 2.17. The summed E-state index contributed by atoms with van der Waals surface area (Å²) < 4.78 is 29.4. The van der Waals surface area contributed by atoms with E-state index < -0.39 is 17.7 Å². The molecular weight excluding hydrogens is 344 g/mol. The zero-order valence-corrected chi connectivity index (χ0v) is 12.3. The van der Waals surface area contributed by atoms with Crippen molar-refractivity contribution in [3.8, 4) is 0 Å². The summed E-state index contributed by atoms with van der Waals surface area (Å²) in [7, 11) is 0. The smallest absolute Gasteiger partial charge is 0.143 e. The molecule has 1 atom stereocenters. The Morgan fingerprint density at radius 3 is 2.90 bits per heavy atom. The van der Waals surface area contributed by atoms with E-state index in [9.17, 15) is 13.9 Å². The fraction of sp³-hybridized carbons (Fsp3) is 0.143. The van der Waals surface area contributed by atoms with Gasteiger partial charge >= 0.3 is 0 Å². The minimum absolute atomic E-state index is 0.160. The van der Waals surface area contributed by atoms with Crippen molar-refractivity contribution in [2.24, 2.45) is 0 Å². The van der Waals surface area contributed by atoms with E-state index in [-0.39, 0.29) is 16.5 Å². The molecule has 1 unspecified atom stereocenters. The Balaban J connectivity index is 1.97. The molecule has 108 valence electrons. The molecule has 2 heterocycles. The lowest BCUT2D eigenvalue weighted by Crippen LogP contribution is -2.06. The molecule has 0 aliphatic carbocycles. The van der Waals surface area contributed by atoms with E-state index in [2.05, 4.69) is 26.0 Å². The Labute approximate surface area is 127 Å². The Morgan fingerprint density at radius 2 is 2.10 bits per heavy atom. The van der Waals surface area contributed by atoms with Crippen LogP contribution >= 0.6 is 15.9 Å². The second-order valence-electron chi connectivity index (χ2n) is 4.55. The third kappa shape index (κ3) is 2.54. The maximum atomic E-state index is 13.9. The highest BCUT2D eigenvalue weighted by Crippen LogP contribution is 2.27. The van der Waals surface area contributed by atoms with Crippen LogP contribution in [0.3, 0.4) is 0 Å².